The lowest BCUT2D eigenvalue weighted by atomic mass is 10.2. The van der Waals surface area contributed by atoms with Gasteiger partial charge in [0, 0.05) is 0 Å². The molecule has 0 aromatic carbocycles. The van der Waals surface area contributed by atoms with Crippen LogP contribution in [0.25, 0.3) is 6.08 Å². The van der Waals surface area contributed by atoms with Crippen molar-refractivity contribution in [1.29, 1.82) is 0 Å². The van der Waals surface area contributed by atoms with E-state index in [0.29, 0.717) is 5.76 Å². The highest BCUT2D eigenvalue weighted by molar-refractivity contribution is 5.43. The zero-order valence-electron chi connectivity index (χ0n) is 6.58. The summed E-state index contributed by atoms with van der Waals surface area (Å²) in [6.45, 7) is 0. The van der Waals surface area contributed by atoms with Gasteiger partial charge in [0.1, 0.15) is 11.8 Å². The van der Waals surface area contributed by atoms with Gasteiger partial charge in [-0.05, 0) is 18.2 Å². The summed E-state index contributed by atoms with van der Waals surface area (Å²) in [6.07, 6.45) is -0.987. The molecule has 0 aliphatic carbocycles. The predicted octanol–water partition coefficient (Wildman–Crippen LogP) is 2.18. The van der Waals surface area contributed by atoms with E-state index < -0.39 is 12.2 Å². The molecule has 0 spiro atoms. The molecular formula is C8H8F3NO. The average Bonchev–Trinajstić information content (AvgIpc) is 2.50. The molecule has 0 radical (unpaired) electrons. The molecule has 72 valence electrons. The Hall–Kier alpha value is -1.23. The molecule has 5 heteroatoms. The van der Waals surface area contributed by atoms with Gasteiger partial charge in [-0.3, -0.25) is 0 Å². The van der Waals surface area contributed by atoms with Crippen LogP contribution >= 0.6 is 0 Å². The minimum absolute atomic E-state index is 0.347. The first kappa shape index (κ1) is 9.85. The zero-order valence-corrected chi connectivity index (χ0v) is 6.58. The number of rotatable bonds is 2. The van der Waals surface area contributed by atoms with Gasteiger partial charge < -0.3 is 10.2 Å². The van der Waals surface area contributed by atoms with Crippen LogP contribution in [-0.2, 0) is 0 Å². The first-order valence-electron chi connectivity index (χ1n) is 3.54. The molecule has 1 aromatic heterocycles. The van der Waals surface area contributed by atoms with Crippen molar-refractivity contribution in [1.82, 2.24) is 0 Å². The number of hydrogen-bond donors (Lipinski definition) is 1. The predicted molar refractivity (Wildman–Crippen MR) is 41.8 cm³/mol. The molecule has 0 aliphatic heterocycles. The molecule has 0 fully saturated rings. The van der Waals surface area contributed by atoms with E-state index in [1.807, 2.05) is 0 Å². The summed E-state index contributed by atoms with van der Waals surface area (Å²) in [6, 6.07) is 1.18. The smallest absolute Gasteiger partial charge is 0.407 e. The molecule has 1 atom stereocenters. The van der Waals surface area contributed by atoms with Crippen molar-refractivity contribution in [3.05, 3.63) is 30.2 Å². The summed E-state index contributed by atoms with van der Waals surface area (Å²) in [5, 5.41) is 0. The molecule has 1 unspecified atom stereocenters. The maximum atomic E-state index is 11.9. The monoisotopic (exact) mass is 191 g/mol. The Labute approximate surface area is 72.8 Å². The molecule has 2 nitrogen and oxygen atoms in total. The van der Waals surface area contributed by atoms with Crippen molar-refractivity contribution in [2.45, 2.75) is 12.2 Å². The van der Waals surface area contributed by atoms with E-state index in [0.717, 1.165) is 6.08 Å². The highest BCUT2D eigenvalue weighted by Gasteiger charge is 2.34. The van der Waals surface area contributed by atoms with Gasteiger partial charge in [-0.1, -0.05) is 6.08 Å². The fourth-order valence-electron chi connectivity index (χ4n) is 0.694. The van der Waals surface area contributed by atoms with Gasteiger partial charge in [-0.2, -0.15) is 13.2 Å². The summed E-state index contributed by atoms with van der Waals surface area (Å²) in [5.41, 5.74) is 4.81. The lowest BCUT2D eigenvalue weighted by molar-refractivity contribution is -0.136. The molecule has 0 amide bonds. The normalized spacial score (nSPS) is 15.1. The van der Waals surface area contributed by atoms with Gasteiger partial charge >= 0.3 is 6.18 Å². The van der Waals surface area contributed by atoms with Gasteiger partial charge in [-0.15, -0.1) is 0 Å². The second-order valence-electron chi connectivity index (χ2n) is 2.44. The summed E-state index contributed by atoms with van der Waals surface area (Å²) < 4.78 is 40.4. The number of furan rings is 1. The van der Waals surface area contributed by atoms with E-state index in [1.165, 1.54) is 12.3 Å². The lowest BCUT2D eigenvalue weighted by Crippen LogP contribution is -2.35. The first-order chi connectivity index (χ1) is 6.00. The van der Waals surface area contributed by atoms with Crippen LogP contribution in [-0.4, -0.2) is 12.2 Å². The summed E-state index contributed by atoms with van der Waals surface area (Å²) in [7, 11) is 0. The summed E-state index contributed by atoms with van der Waals surface area (Å²) in [5.74, 6) is 0.347. The van der Waals surface area contributed by atoms with Gasteiger partial charge in [-0.25, -0.2) is 0 Å². The third-order valence-electron chi connectivity index (χ3n) is 1.39. The maximum Gasteiger partial charge on any atom is 0.407 e. The Kier molecular flexibility index (Phi) is 2.77. The number of halogens is 3. The van der Waals surface area contributed by atoms with Crippen LogP contribution in [0.2, 0.25) is 0 Å². The van der Waals surface area contributed by atoms with Crippen molar-refractivity contribution in [3.8, 4) is 0 Å². The highest BCUT2D eigenvalue weighted by Crippen LogP contribution is 2.19. The van der Waals surface area contributed by atoms with Crippen molar-refractivity contribution < 1.29 is 17.6 Å². The Morgan fingerprint density at radius 2 is 2.15 bits per heavy atom. The van der Waals surface area contributed by atoms with E-state index >= 15 is 0 Å². The van der Waals surface area contributed by atoms with E-state index in [-0.39, 0.29) is 0 Å². The Balaban J connectivity index is 2.59. The molecule has 13 heavy (non-hydrogen) atoms. The Morgan fingerprint density at radius 1 is 1.46 bits per heavy atom. The van der Waals surface area contributed by atoms with Crippen LogP contribution in [0.3, 0.4) is 0 Å². The Morgan fingerprint density at radius 3 is 2.62 bits per heavy atom. The van der Waals surface area contributed by atoms with E-state index in [9.17, 15) is 13.2 Å². The minimum atomic E-state index is -4.40. The minimum Gasteiger partial charge on any atom is -0.465 e. The van der Waals surface area contributed by atoms with Crippen LogP contribution < -0.4 is 5.73 Å². The van der Waals surface area contributed by atoms with Crippen LogP contribution in [0.15, 0.2) is 28.9 Å². The number of nitrogens with two attached hydrogens (primary N) is 1. The van der Waals surface area contributed by atoms with Gasteiger partial charge in [0.25, 0.3) is 0 Å². The fraction of sp³-hybridized carbons (Fsp3) is 0.250. The van der Waals surface area contributed by atoms with Crippen molar-refractivity contribution in [2.75, 3.05) is 0 Å². The van der Waals surface area contributed by atoms with Gasteiger partial charge in [0.2, 0.25) is 0 Å². The van der Waals surface area contributed by atoms with Crippen molar-refractivity contribution in [3.63, 3.8) is 0 Å². The quantitative estimate of drug-likeness (QED) is 0.778. The molecule has 2 N–H and O–H groups in total. The maximum absolute atomic E-state index is 11.9. The molecule has 1 heterocycles. The van der Waals surface area contributed by atoms with Crippen LogP contribution in [0.4, 0.5) is 13.2 Å². The SMILES string of the molecule is NC(/C=C/c1ccco1)C(F)(F)F. The highest BCUT2D eigenvalue weighted by atomic mass is 19.4. The molecule has 1 rings (SSSR count). The standard InChI is InChI=1S/C8H8F3NO/c9-8(10,11)7(12)4-3-6-2-1-5-13-6/h1-5,7H,12H2/b4-3+. The largest absolute Gasteiger partial charge is 0.465 e. The molecular weight excluding hydrogens is 183 g/mol. The van der Waals surface area contributed by atoms with Crippen LogP contribution in [0, 0.1) is 0 Å². The topological polar surface area (TPSA) is 39.2 Å². The fourth-order valence-corrected chi connectivity index (χ4v) is 0.694. The third kappa shape index (κ3) is 2.95. The third-order valence-corrected chi connectivity index (χ3v) is 1.39. The molecule has 1 aromatic rings. The summed E-state index contributed by atoms with van der Waals surface area (Å²) >= 11 is 0. The average molecular weight is 191 g/mol. The second-order valence-corrected chi connectivity index (χ2v) is 2.44. The first-order valence-corrected chi connectivity index (χ1v) is 3.54. The second kappa shape index (κ2) is 3.66. The van der Waals surface area contributed by atoms with E-state index in [4.69, 9.17) is 10.2 Å². The Bertz CT molecular complexity index is 276. The molecule has 0 saturated carbocycles. The zero-order chi connectivity index (χ0) is 9.90. The molecule has 0 saturated heterocycles. The van der Waals surface area contributed by atoms with E-state index in [2.05, 4.69) is 0 Å². The molecule has 0 bridgehead atoms. The lowest BCUT2D eigenvalue weighted by Gasteiger charge is -2.10. The summed E-state index contributed by atoms with van der Waals surface area (Å²) in [4.78, 5) is 0. The van der Waals surface area contributed by atoms with E-state index in [1.54, 1.807) is 12.1 Å². The number of hydrogen-bond acceptors (Lipinski definition) is 2. The van der Waals surface area contributed by atoms with Crippen molar-refractivity contribution in [2.24, 2.45) is 5.73 Å². The van der Waals surface area contributed by atoms with Gasteiger partial charge in [0.05, 0.1) is 6.26 Å². The van der Waals surface area contributed by atoms with Crippen molar-refractivity contribution >= 4 is 6.08 Å². The number of alkyl halides is 3. The van der Waals surface area contributed by atoms with Crippen LogP contribution in [0.5, 0.6) is 0 Å². The molecule has 0 aliphatic rings. The van der Waals surface area contributed by atoms with Gasteiger partial charge in [0.15, 0.2) is 0 Å². The van der Waals surface area contributed by atoms with Crippen LogP contribution in [0.1, 0.15) is 5.76 Å².